The van der Waals surface area contributed by atoms with Gasteiger partial charge in [-0.3, -0.25) is 9.59 Å². The highest BCUT2D eigenvalue weighted by molar-refractivity contribution is 8.00. The van der Waals surface area contributed by atoms with Crippen LogP contribution in [-0.2, 0) is 0 Å². The average molecular weight is 309 g/mol. The number of rotatable bonds is 5. The summed E-state index contributed by atoms with van der Waals surface area (Å²) in [5.74, 6) is 0.519. The van der Waals surface area contributed by atoms with Gasteiger partial charge < -0.3 is 4.98 Å². The largest absolute Gasteiger partial charge is 0.360 e. The highest BCUT2D eigenvalue weighted by Gasteiger charge is 2.12. The lowest BCUT2D eigenvalue weighted by atomic mass is 10.1. The number of H-pyrrole nitrogens is 1. The molecule has 4 heteroatoms. The average Bonchev–Trinajstić information content (AvgIpc) is 2.97. The Morgan fingerprint density at radius 3 is 2.50 bits per heavy atom. The standard InChI is InChI=1S/C18H15NO2S/c1-12(20)13-6-8-14(9-7-13)22-11-18(21)16-10-19-17-5-3-2-4-15(16)17/h2-10,19H,11H2,1H3. The molecule has 3 nitrogen and oxygen atoms in total. The van der Waals surface area contributed by atoms with Crippen molar-refractivity contribution in [3.63, 3.8) is 0 Å². The lowest BCUT2D eigenvalue weighted by Gasteiger charge is -2.02. The van der Waals surface area contributed by atoms with E-state index in [-0.39, 0.29) is 11.6 Å². The Labute approximate surface area is 132 Å². The minimum atomic E-state index is 0.0476. The minimum Gasteiger partial charge on any atom is -0.360 e. The van der Waals surface area contributed by atoms with Crippen LogP contribution >= 0.6 is 11.8 Å². The first-order valence-electron chi connectivity index (χ1n) is 6.98. The third-order valence-electron chi connectivity index (χ3n) is 3.52. The fraction of sp³-hybridized carbons (Fsp3) is 0.111. The first-order valence-corrected chi connectivity index (χ1v) is 7.97. The first kappa shape index (κ1) is 14.6. The summed E-state index contributed by atoms with van der Waals surface area (Å²) in [6.45, 7) is 1.54. The number of fused-ring (bicyclic) bond motifs is 1. The molecular formula is C18H15NO2S. The fourth-order valence-corrected chi connectivity index (χ4v) is 3.10. The van der Waals surface area contributed by atoms with Gasteiger partial charge in [0.05, 0.1) is 5.75 Å². The van der Waals surface area contributed by atoms with Crippen LogP contribution < -0.4 is 0 Å². The van der Waals surface area contributed by atoms with E-state index in [1.807, 2.05) is 36.4 Å². The number of nitrogens with one attached hydrogen (secondary N) is 1. The molecule has 22 heavy (non-hydrogen) atoms. The normalized spacial score (nSPS) is 10.8. The maximum atomic E-state index is 12.4. The molecule has 0 saturated heterocycles. The second-order valence-electron chi connectivity index (χ2n) is 5.04. The highest BCUT2D eigenvalue weighted by Crippen LogP contribution is 2.23. The van der Waals surface area contributed by atoms with E-state index in [0.29, 0.717) is 11.3 Å². The molecule has 3 aromatic rings. The van der Waals surface area contributed by atoms with Gasteiger partial charge in [-0.2, -0.15) is 0 Å². The maximum absolute atomic E-state index is 12.4. The van der Waals surface area contributed by atoms with Crippen LogP contribution in [0.15, 0.2) is 59.6 Å². The molecule has 0 saturated carbocycles. The predicted octanol–water partition coefficient (Wildman–Crippen LogP) is 4.35. The molecule has 0 amide bonds. The van der Waals surface area contributed by atoms with Crippen LogP contribution in [-0.4, -0.2) is 22.3 Å². The Kier molecular flexibility index (Phi) is 4.11. The molecule has 0 unspecified atom stereocenters. The third-order valence-corrected chi connectivity index (χ3v) is 4.53. The van der Waals surface area contributed by atoms with Gasteiger partial charge >= 0.3 is 0 Å². The van der Waals surface area contributed by atoms with Crippen molar-refractivity contribution in [2.45, 2.75) is 11.8 Å². The molecule has 0 aliphatic carbocycles. The molecule has 1 N–H and O–H groups in total. The van der Waals surface area contributed by atoms with Crippen molar-refractivity contribution < 1.29 is 9.59 Å². The number of benzene rings is 2. The molecular weight excluding hydrogens is 294 g/mol. The number of hydrogen-bond donors (Lipinski definition) is 1. The maximum Gasteiger partial charge on any atom is 0.175 e. The lowest BCUT2D eigenvalue weighted by molar-refractivity contribution is 0.101. The molecule has 110 valence electrons. The lowest BCUT2D eigenvalue weighted by Crippen LogP contribution is -2.01. The van der Waals surface area contributed by atoms with Gasteiger partial charge in [-0.05, 0) is 25.1 Å². The molecule has 0 atom stereocenters. The van der Waals surface area contributed by atoms with Crippen molar-refractivity contribution in [2.75, 3.05) is 5.75 Å². The monoisotopic (exact) mass is 309 g/mol. The molecule has 0 fully saturated rings. The van der Waals surface area contributed by atoms with E-state index < -0.39 is 0 Å². The Morgan fingerprint density at radius 2 is 1.77 bits per heavy atom. The van der Waals surface area contributed by atoms with Crippen LogP contribution in [0.2, 0.25) is 0 Å². The molecule has 3 rings (SSSR count). The van der Waals surface area contributed by atoms with Crippen molar-refractivity contribution in [3.8, 4) is 0 Å². The fourth-order valence-electron chi connectivity index (χ4n) is 2.31. The molecule has 0 aliphatic heterocycles. The summed E-state index contributed by atoms with van der Waals surface area (Å²) in [5.41, 5.74) is 2.39. The summed E-state index contributed by atoms with van der Waals surface area (Å²) in [5, 5.41) is 0.958. The van der Waals surface area contributed by atoms with Gasteiger partial charge in [0.25, 0.3) is 0 Å². The number of thioether (sulfide) groups is 1. The number of aromatic amines is 1. The van der Waals surface area contributed by atoms with Crippen LogP contribution in [0.25, 0.3) is 10.9 Å². The van der Waals surface area contributed by atoms with E-state index in [4.69, 9.17) is 0 Å². The van der Waals surface area contributed by atoms with Crippen molar-refractivity contribution in [3.05, 3.63) is 65.9 Å². The van der Waals surface area contributed by atoms with E-state index in [0.717, 1.165) is 21.4 Å². The SMILES string of the molecule is CC(=O)c1ccc(SCC(=O)c2c[nH]c3ccccc23)cc1. The molecule has 1 heterocycles. The number of ketones is 2. The van der Waals surface area contributed by atoms with E-state index in [2.05, 4.69) is 4.98 Å². The van der Waals surface area contributed by atoms with Gasteiger partial charge in [0.1, 0.15) is 0 Å². The minimum absolute atomic E-state index is 0.0476. The number of hydrogen-bond acceptors (Lipinski definition) is 3. The Bertz CT molecular complexity index is 834. The Balaban J connectivity index is 1.71. The van der Waals surface area contributed by atoms with Crippen molar-refractivity contribution >= 4 is 34.2 Å². The molecule has 0 aliphatic rings. The van der Waals surface area contributed by atoms with E-state index in [9.17, 15) is 9.59 Å². The second-order valence-corrected chi connectivity index (χ2v) is 6.09. The summed E-state index contributed by atoms with van der Waals surface area (Å²) < 4.78 is 0. The number of para-hydroxylation sites is 1. The Morgan fingerprint density at radius 1 is 1.05 bits per heavy atom. The highest BCUT2D eigenvalue weighted by atomic mass is 32.2. The number of aromatic nitrogens is 1. The van der Waals surface area contributed by atoms with Crippen LogP contribution in [0.1, 0.15) is 27.6 Å². The van der Waals surface area contributed by atoms with Crippen molar-refractivity contribution in [2.24, 2.45) is 0 Å². The summed E-state index contributed by atoms with van der Waals surface area (Å²) in [7, 11) is 0. The number of carbonyl (C=O) groups is 2. The zero-order valence-corrected chi connectivity index (χ0v) is 12.9. The second kappa shape index (κ2) is 6.20. The van der Waals surface area contributed by atoms with E-state index >= 15 is 0 Å². The van der Waals surface area contributed by atoms with Gasteiger partial charge in [0.15, 0.2) is 11.6 Å². The van der Waals surface area contributed by atoms with Crippen LogP contribution in [0.5, 0.6) is 0 Å². The Hall–Kier alpha value is -2.33. The van der Waals surface area contributed by atoms with Crippen LogP contribution in [0.4, 0.5) is 0 Å². The van der Waals surface area contributed by atoms with E-state index in [1.165, 1.54) is 11.8 Å². The smallest absolute Gasteiger partial charge is 0.175 e. The summed E-state index contributed by atoms with van der Waals surface area (Å²) in [4.78, 5) is 27.7. The third kappa shape index (κ3) is 2.97. The van der Waals surface area contributed by atoms with E-state index in [1.54, 1.807) is 25.3 Å². The topological polar surface area (TPSA) is 49.9 Å². The van der Waals surface area contributed by atoms with Gasteiger partial charge in [0.2, 0.25) is 0 Å². The van der Waals surface area contributed by atoms with Gasteiger partial charge in [-0.25, -0.2) is 0 Å². The molecule has 0 spiro atoms. The van der Waals surface area contributed by atoms with Crippen molar-refractivity contribution in [1.29, 1.82) is 0 Å². The molecule has 0 bridgehead atoms. The predicted molar refractivity (Wildman–Crippen MR) is 89.8 cm³/mol. The van der Waals surface area contributed by atoms with Crippen molar-refractivity contribution in [1.82, 2.24) is 4.98 Å². The first-order chi connectivity index (χ1) is 10.6. The quantitative estimate of drug-likeness (QED) is 0.563. The molecule has 1 aromatic heterocycles. The van der Waals surface area contributed by atoms with Gasteiger partial charge in [0, 0.05) is 33.1 Å². The zero-order chi connectivity index (χ0) is 15.5. The summed E-state index contributed by atoms with van der Waals surface area (Å²) >= 11 is 1.48. The summed E-state index contributed by atoms with van der Waals surface area (Å²) in [6, 6.07) is 15.1. The van der Waals surface area contributed by atoms with Gasteiger partial charge in [-0.15, -0.1) is 11.8 Å². The van der Waals surface area contributed by atoms with Crippen LogP contribution in [0.3, 0.4) is 0 Å². The molecule has 2 aromatic carbocycles. The molecule has 0 radical (unpaired) electrons. The van der Waals surface area contributed by atoms with Gasteiger partial charge in [-0.1, -0.05) is 30.3 Å². The summed E-state index contributed by atoms with van der Waals surface area (Å²) in [6.07, 6.45) is 1.77. The zero-order valence-electron chi connectivity index (χ0n) is 12.1. The number of carbonyl (C=O) groups excluding carboxylic acids is 2. The van der Waals surface area contributed by atoms with Crippen LogP contribution in [0, 0.1) is 0 Å². The number of Topliss-reactive ketones (excluding diaryl/α,β-unsaturated/α-hetero) is 2.